The van der Waals surface area contributed by atoms with E-state index in [0.717, 1.165) is 11.5 Å². The van der Waals surface area contributed by atoms with E-state index in [1.165, 1.54) is 4.88 Å². The Bertz CT molecular complexity index is 600. The SMILES string of the molecule is O=C(CCNC(=O)c1ccccc1)NCCSCc1cccs1. The van der Waals surface area contributed by atoms with Crippen LogP contribution in [0.15, 0.2) is 47.8 Å². The first kappa shape index (κ1) is 17.6. The molecule has 0 saturated carbocycles. The lowest BCUT2D eigenvalue weighted by atomic mass is 10.2. The molecule has 1 heterocycles. The molecule has 0 spiro atoms. The number of hydrogen-bond acceptors (Lipinski definition) is 4. The van der Waals surface area contributed by atoms with E-state index in [9.17, 15) is 9.59 Å². The monoisotopic (exact) mass is 348 g/mol. The van der Waals surface area contributed by atoms with Crippen LogP contribution in [0.1, 0.15) is 21.7 Å². The fourth-order valence-corrected chi connectivity index (χ4v) is 3.60. The number of amides is 2. The highest BCUT2D eigenvalue weighted by Crippen LogP contribution is 2.16. The molecule has 0 atom stereocenters. The highest BCUT2D eigenvalue weighted by atomic mass is 32.2. The van der Waals surface area contributed by atoms with E-state index in [4.69, 9.17) is 0 Å². The van der Waals surface area contributed by atoms with Crippen molar-refractivity contribution in [3.8, 4) is 0 Å². The van der Waals surface area contributed by atoms with Crippen LogP contribution >= 0.6 is 23.1 Å². The molecule has 0 fully saturated rings. The molecular formula is C17H20N2O2S2. The first-order valence-electron chi connectivity index (χ1n) is 7.46. The molecule has 4 nitrogen and oxygen atoms in total. The quantitative estimate of drug-likeness (QED) is 0.685. The average Bonchev–Trinajstić information content (AvgIpc) is 3.08. The Morgan fingerprint density at radius 3 is 2.57 bits per heavy atom. The number of thioether (sulfide) groups is 1. The van der Waals surface area contributed by atoms with Gasteiger partial charge in [-0.3, -0.25) is 9.59 Å². The largest absolute Gasteiger partial charge is 0.355 e. The van der Waals surface area contributed by atoms with Gasteiger partial charge in [-0.1, -0.05) is 24.3 Å². The Balaban J connectivity index is 1.51. The summed E-state index contributed by atoms with van der Waals surface area (Å²) in [5, 5.41) is 7.69. The fraction of sp³-hybridized carbons (Fsp3) is 0.294. The molecule has 0 aliphatic heterocycles. The van der Waals surface area contributed by atoms with Gasteiger partial charge in [-0.2, -0.15) is 11.8 Å². The number of thiophene rings is 1. The van der Waals surface area contributed by atoms with Crippen LogP contribution in [0.4, 0.5) is 0 Å². The Kier molecular flexibility index (Phi) is 7.69. The molecule has 6 heteroatoms. The van der Waals surface area contributed by atoms with E-state index in [2.05, 4.69) is 22.1 Å². The summed E-state index contributed by atoms with van der Waals surface area (Å²) in [5.41, 5.74) is 0.609. The molecule has 2 N–H and O–H groups in total. The van der Waals surface area contributed by atoms with E-state index >= 15 is 0 Å². The topological polar surface area (TPSA) is 58.2 Å². The Morgan fingerprint density at radius 1 is 1.00 bits per heavy atom. The minimum Gasteiger partial charge on any atom is -0.355 e. The van der Waals surface area contributed by atoms with E-state index in [0.29, 0.717) is 25.1 Å². The maximum absolute atomic E-state index is 11.8. The lowest BCUT2D eigenvalue weighted by Crippen LogP contribution is -2.31. The summed E-state index contributed by atoms with van der Waals surface area (Å²) in [4.78, 5) is 24.8. The molecule has 2 aromatic rings. The van der Waals surface area contributed by atoms with Gasteiger partial charge in [0, 0.05) is 41.5 Å². The molecule has 0 saturated heterocycles. The van der Waals surface area contributed by atoms with Gasteiger partial charge in [0.2, 0.25) is 5.91 Å². The maximum atomic E-state index is 11.8. The predicted octanol–water partition coefficient (Wildman–Crippen LogP) is 2.92. The van der Waals surface area contributed by atoms with Crippen LogP contribution in [0.25, 0.3) is 0 Å². The van der Waals surface area contributed by atoms with Gasteiger partial charge in [0.1, 0.15) is 0 Å². The predicted molar refractivity (Wildman–Crippen MR) is 96.9 cm³/mol. The number of rotatable bonds is 9. The second-order valence-electron chi connectivity index (χ2n) is 4.85. The molecule has 0 unspecified atom stereocenters. The zero-order chi connectivity index (χ0) is 16.3. The van der Waals surface area contributed by atoms with Crippen molar-refractivity contribution in [3.05, 3.63) is 58.3 Å². The molecule has 122 valence electrons. The van der Waals surface area contributed by atoms with Crippen molar-refractivity contribution in [1.82, 2.24) is 10.6 Å². The molecule has 1 aromatic heterocycles. The molecule has 2 amide bonds. The first-order chi connectivity index (χ1) is 11.3. The second kappa shape index (κ2) is 10.1. The lowest BCUT2D eigenvalue weighted by Gasteiger charge is -2.06. The molecule has 0 aliphatic carbocycles. The molecule has 1 aromatic carbocycles. The highest BCUT2D eigenvalue weighted by molar-refractivity contribution is 7.98. The summed E-state index contributed by atoms with van der Waals surface area (Å²) >= 11 is 3.56. The van der Waals surface area contributed by atoms with E-state index in [1.807, 2.05) is 24.3 Å². The Labute approximate surface area is 144 Å². The maximum Gasteiger partial charge on any atom is 0.251 e. The number of hydrogen-bond donors (Lipinski definition) is 2. The van der Waals surface area contributed by atoms with Gasteiger partial charge in [0.05, 0.1) is 0 Å². The van der Waals surface area contributed by atoms with Crippen molar-refractivity contribution in [2.45, 2.75) is 12.2 Å². The number of benzene rings is 1. The minimum atomic E-state index is -0.148. The Morgan fingerprint density at radius 2 is 1.83 bits per heavy atom. The summed E-state index contributed by atoms with van der Waals surface area (Å²) in [6.07, 6.45) is 0.300. The summed E-state index contributed by atoms with van der Waals surface area (Å²) in [5.74, 6) is 1.70. The van der Waals surface area contributed by atoms with Gasteiger partial charge < -0.3 is 10.6 Å². The van der Waals surface area contributed by atoms with Crippen molar-refractivity contribution in [3.63, 3.8) is 0 Å². The molecule has 0 bridgehead atoms. The Hall–Kier alpha value is -1.79. The summed E-state index contributed by atoms with van der Waals surface area (Å²) in [6, 6.07) is 13.2. The van der Waals surface area contributed by atoms with Crippen molar-refractivity contribution in [2.75, 3.05) is 18.8 Å². The normalized spacial score (nSPS) is 10.3. The third kappa shape index (κ3) is 6.88. The third-order valence-corrected chi connectivity index (χ3v) is 5.13. The molecular weight excluding hydrogens is 328 g/mol. The van der Waals surface area contributed by atoms with Gasteiger partial charge in [0.25, 0.3) is 5.91 Å². The van der Waals surface area contributed by atoms with Crippen molar-refractivity contribution in [2.24, 2.45) is 0 Å². The van der Waals surface area contributed by atoms with Crippen LogP contribution in [0.3, 0.4) is 0 Å². The van der Waals surface area contributed by atoms with Crippen molar-refractivity contribution in [1.29, 1.82) is 0 Å². The number of nitrogens with one attached hydrogen (secondary N) is 2. The standard InChI is InChI=1S/C17H20N2O2S2/c20-16(18-10-12-22-13-15-7-4-11-23-15)8-9-19-17(21)14-5-2-1-3-6-14/h1-7,11H,8-10,12-13H2,(H,18,20)(H,19,21). The average molecular weight is 348 g/mol. The van der Waals surface area contributed by atoms with Crippen LogP contribution in [0.2, 0.25) is 0 Å². The number of carbonyl (C=O) groups excluding carboxylic acids is 2. The van der Waals surface area contributed by atoms with Gasteiger partial charge >= 0.3 is 0 Å². The summed E-state index contributed by atoms with van der Waals surface area (Å²) in [7, 11) is 0. The highest BCUT2D eigenvalue weighted by Gasteiger charge is 2.05. The van der Waals surface area contributed by atoms with E-state index in [-0.39, 0.29) is 11.8 Å². The molecule has 0 aliphatic rings. The fourth-order valence-electron chi connectivity index (χ4n) is 1.90. The van der Waals surface area contributed by atoms with E-state index < -0.39 is 0 Å². The molecule has 0 radical (unpaired) electrons. The van der Waals surface area contributed by atoms with Gasteiger partial charge in [-0.25, -0.2) is 0 Å². The van der Waals surface area contributed by atoms with Crippen LogP contribution in [0, 0.1) is 0 Å². The van der Waals surface area contributed by atoms with Crippen molar-refractivity contribution < 1.29 is 9.59 Å². The zero-order valence-corrected chi connectivity index (χ0v) is 14.4. The smallest absolute Gasteiger partial charge is 0.251 e. The van der Waals surface area contributed by atoms with Crippen LogP contribution in [-0.4, -0.2) is 30.7 Å². The minimum absolute atomic E-state index is 0.0323. The second-order valence-corrected chi connectivity index (χ2v) is 6.99. The third-order valence-electron chi connectivity index (χ3n) is 3.07. The summed E-state index contributed by atoms with van der Waals surface area (Å²) in [6.45, 7) is 1.00. The number of carbonyl (C=O) groups is 2. The van der Waals surface area contributed by atoms with E-state index in [1.54, 1.807) is 35.2 Å². The zero-order valence-electron chi connectivity index (χ0n) is 12.8. The van der Waals surface area contributed by atoms with Gasteiger partial charge in [-0.15, -0.1) is 11.3 Å². The van der Waals surface area contributed by atoms with Gasteiger partial charge in [-0.05, 0) is 23.6 Å². The molecule has 23 heavy (non-hydrogen) atoms. The van der Waals surface area contributed by atoms with Crippen LogP contribution in [-0.2, 0) is 10.5 Å². The lowest BCUT2D eigenvalue weighted by molar-refractivity contribution is -0.120. The van der Waals surface area contributed by atoms with Crippen molar-refractivity contribution >= 4 is 34.9 Å². The van der Waals surface area contributed by atoms with Crippen LogP contribution < -0.4 is 10.6 Å². The summed E-state index contributed by atoms with van der Waals surface area (Å²) < 4.78 is 0. The van der Waals surface area contributed by atoms with Crippen LogP contribution in [0.5, 0.6) is 0 Å². The molecule has 2 rings (SSSR count). The van der Waals surface area contributed by atoms with Gasteiger partial charge in [0.15, 0.2) is 0 Å². The first-order valence-corrected chi connectivity index (χ1v) is 9.49.